The number of rotatable bonds is 5. The molecule has 18 heavy (non-hydrogen) atoms. The van der Waals surface area contributed by atoms with Gasteiger partial charge in [0.2, 0.25) is 5.95 Å². The molecule has 0 unspecified atom stereocenters. The van der Waals surface area contributed by atoms with E-state index in [0.29, 0.717) is 32.2 Å². The Morgan fingerprint density at radius 3 is 3.17 bits per heavy atom. The molecular weight excluding hydrogens is 240 g/mol. The Bertz CT molecular complexity index is 440. The fourth-order valence-corrected chi connectivity index (χ4v) is 1.65. The number of methoxy groups -OCH3 is 1. The third-order valence-corrected chi connectivity index (χ3v) is 2.42. The molecule has 0 atom stereocenters. The van der Waals surface area contributed by atoms with Gasteiger partial charge in [-0.15, -0.1) is 5.06 Å². The molecule has 2 rings (SSSR count). The summed E-state index contributed by atoms with van der Waals surface area (Å²) in [5, 5.41) is 12.9. The van der Waals surface area contributed by atoms with E-state index in [-0.39, 0.29) is 0 Å². The van der Waals surface area contributed by atoms with Crippen LogP contribution in [0.5, 0.6) is 0 Å². The molecule has 1 aromatic heterocycles. The highest BCUT2D eigenvalue weighted by molar-refractivity contribution is 5.56. The van der Waals surface area contributed by atoms with Gasteiger partial charge in [0.15, 0.2) is 0 Å². The first-order valence-electron chi connectivity index (χ1n) is 5.42. The summed E-state index contributed by atoms with van der Waals surface area (Å²) in [6.45, 7) is 1.89. The van der Waals surface area contributed by atoms with E-state index < -0.39 is 6.16 Å². The van der Waals surface area contributed by atoms with Crippen molar-refractivity contribution in [3.63, 3.8) is 0 Å². The molecule has 1 aliphatic rings. The highest BCUT2D eigenvalue weighted by atomic mass is 16.8. The van der Waals surface area contributed by atoms with Crippen LogP contribution >= 0.6 is 0 Å². The minimum atomic E-state index is -1.32. The minimum Gasteiger partial charge on any atom is -0.448 e. The van der Waals surface area contributed by atoms with Crippen LogP contribution in [0.1, 0.15) is 11.3 Å². The number of fused-ring (bicyclic) bond motifs is 1. The average molecular weight is 254 g/mol. The Kier molecular flexibility index (Phi) is 3.90. The molecule has 0 bridgehead atoms. The fourth-order valence-electron chi connectivity index (χ4n) is 1.65. The largest absolute Gasteiger partial charge is 0.525 e. The van der Waals surface area contributed by atoms with Crippen molar-refractivity contribution in [2.45, 2.75) is 13.1 Å². The van der Waals surface area contributed by atoms with Gasteiger partial charge >= 0.3 is 6.16 Å². The van der Waals surface area contributed by atoms with Crippen molar-refractivity contribution in [3.05, 3.63) is 17.5 Å². The first-order valence-corrected chi connectivity index (χ1v) is 5.42. The Labute approximate surface area is 104 Å². The molecule has 98 valence electrons. The lowest BCUT2D eigenvalue weighted by Crippen LogP contribution is -2.20. The standard InChI is InChI=1S/C10H14N4O4/c1-17-3-2-11-9-12-4-7-5-14(18-10(15)16)6-8(7)13-9/h4H,2-3,5-6H2,1H3,(H,15,16)(H,11,12,13). The van der Waals surface area contributed by atoms with Gasteiger partial charge in [0.05, 0.1) is 25.4 Å². The van der Waals surface area contributed by atoms with E-state index in [1.807, 2.05) is 0 Å². The molecule has 0 aromatic carbocycles. The zero-order valence-corrected chi connectivity index (χ0v) is 9.92. The van der Waals surface area contributed by atoms with Gasteiger partial charge in [-0.2, -0.15) is 0 Å². The van der Waals surface area contributed by atoms with Crippen LogP contribution in [0, 0.1) is 0 Å². The predicted molar refractivity (Wildman–Crippen MR) is 60.8 cm³/mol. The van der Waals surface area contributed by atoms with Crippen molar-refractivity contribution >= 4 is 12.1 Å². The Balaban J connectivity index is 1.96. The number of hydroxylamine groups is 2. The van der Waals surface area contributed by atoms with Crippen LogP contribution in [-0.4, -0.2) is 46.6 Å². The van der Waals surface area contributed by atoms with Crippen LogP contribution < -0.4 is 5.32 Å². The lowest BCUT2D eigenvalue weighted by molar-refractivity contribution is -0.125. The Hall–Kier alpha value is -1.93. The quantitative estimate of drug-likeness (QED) is 0.731. The number of carboxylic acid groups (broad SMARTS) is 1. The molecule has 1 aromatic rings. The molecule has 0 saturated carbocycles. The second-order valence-electron chi connectivity index (χ2n) is 3.74. The van der Waals surface area contributed by atoms with Crippen molar-refractivity contribution in [3.8, 4) is 0 Å². The molecule has 0 aliphatic carbocycles. The van der Waals surface area contributed by atoms with E-state index in [0.717, 1.165) is 11.3 Å². The number of aromatic nitrogens is 2. The molecule has 0 spiro atoms. The highest BCUT2D eigenvalue weighted by Crippen LogP contribution is 2.21. The Morgan fingerprint density at radius 2 is 2.44 bits per heavy atom. The van der Waals surface area contributed by atoms with Crippen molar-refractivity contribution < 1.29 is 19.5 Å². The summed E-state index contributed by atoms with van der Waals surface area (Å²) in [6.07, 6.45) is 0.345. The Morgan fingerprint density at radius 1 is 1.61 bits per heavy atom. The third kappa shape index (κ3) is 3.05. The first-order chi connectivity index (χ1) is 8.69. The summed E-state index contributed by atoms with van der Waals surface area (Å²) >= 11 is 0. The van der Waals surface area contributed by atoms with Crippen LogP contribution in [0.25, 0.3) is 0 Å². The molecule has 1 aliphatic heterocycles. The zero-order valence-electron chi connectivity index (χ0n) is 9.92. The number of nitrogens with zero attached hydrogens (tertiary/aromatic N) is 3. The summed E-state index contributed by atoms with van der Waals surface area (Å²) in [6, 6.07) is 0. The molecule has 0 fully saturated rings. The van der Waals surface area contributed by atoms with E-state index >= 15 is 0 Å². The maximum atomic E-state index is 10.4. The van der Waals surface area contributed by atoms with Crippen LogP contribution in [0.15, 0.2) is 6.20 Å². The number of nitrogens with one attached hydrogen (secondary N) is 1. The minimum absolute atomic E-state index is 0.336. The third-order valence-electron chi connectivity index (χ3n) is 2.42. The van der Waals surface area contributed by atoms with Gasteiger partial charge in [0, 0.05) is 25.4 Å². The second-order valence-corrected chi connectivity index (χ2v) is 3.74. The first kappa shape index (κ1) is 12.5. The summed E-state index contributed by atoms with van der Waals surface area (Å²) in [5.74, 6) is 0.503. The van der Waals surface area contributed by atoms with Crippen molar-refractivity contribution in [2.75, 3.05) is 25.6 Å². The smallest absolute Gasteiger partial charge is 0.448 e. The van der Waals surface area contributed by atoms with E-state index in [2.05, 4.69) is 20.1 Å². The van der Waals surface area contributed by atoms with Gasteiger partial charge in [-0.3, -0.25) is 0 Å². The van der Waals surface area contributed by atoms with E-state index in [1.165, 1.54) is 5.06 Å². The highest BCUT2D eigenvalue weighted by Gasteiger charge is 2.24. The van der Waals surface area contributed by atoms with E-state index in [4.69, 9.17) is 9.84 Å². The van der Waals surface area contributed by atoms with Crippen LogP contribution in [0.3, 0.4) is 0 Å². The number of hydrogen-bond donors (Lipinski definition) is 2. The number of hydrogen-bond acceptors (Lipinski definition) is 7. The average Bonchev–Trinajstić information content (AvgIpc) is 2.69. The van der Waals surface area contributed by atoms with Gasteiger partial charge in [-0.1, -0.05) is 0 Å². The lowest BCUT2D eigenvalue weighted by Gasteiger charge is -2.09. The van der Waals surface area contributed by atoms with Crippen LogP contribution in [-0.2, 0) is 22.7 Å². The molecule has 0 radical (unpaired) electrons. The van der Waals surface area contributed by atoms with Crippen molar-refractivity contribution in [2.24, 2.45) is 0 Å². The SMILES string of the molecule is COCCNc1ncc2c(n1)CN(OC(=O)O)C2. The van der Waals surface area contributed by atoms with Gasteiger partial charge < -0.3 is 20.0 Å². The van der Waals surface area contributed by atoms with E-state index in [1.54, 1.807) is 13.3 Å². The van der Waals surface area contributed by atoms with Crippen LogP contribution in [0.2, 0.25) is 0 Å². The number of ether oxygens (including phenoxy) is 1. The zero-order chi connectivity index (χ0) is 13.0. The van der Waals surface area contributed by atoms with Crippen molar-refractivity contribution in [1.29, 1.82) is 0 Å². The monoisotopic (exact) mass is 254 g/mol. The molecule has 8 nitrogen and oxygen atoms in total. The topological polar surface area (TPSA) is 96.8 Å². The van der Waals surface area contributed by atoms with Gasteiger partial charge in [0.25, 0.3) is 0 Å². The number of carbonyl (C=O) groups is 1. The molecular formula is C10H14N4O4. The molecule has 2 heterocycles. The molecule has 2 N–H and O–H groups in total. The van der Waals surface area contributed by atoms with Crippen LogP contribution in [0.4, 0.5) is 10.7 Å². The fraction of sp³-hybridized carbons (Fsp3) is 0.500. The lowest BCUT2D eigenvalue weighted by atomic mass is 10.3. The second kappa shape index (κ2) is 5.61. The maximum absolute atomic E-state index is 10.4. The summed E-state index contributed by atoms with van der Waals surface area (Å²) in [4.78, 5) is 23.4. The normalized spacial score (nSPS) is 14.3. The summed E-state index contributed by atoms with van der Waals surface area (Å²) in [7, 11) is 1.62. The summed E-state index contributed by atoms with van der Waals surface area (Å²) < 4.78 is 4.91. The van der Waals surface area contributed by atoms with Crippen molar-refractivity contribution in [1.82, 2.24) is 15.0 Å². The van der Waals surface area contributed by atoms with Gasteiger partial charge in [-0.25, -0.2) is 14.8 Å². The predicted octanol–water partition coefficient (Wildman–Crippen LogP) is 0.460. The molecule has 8 heteroatoms. The molecule has 0 saturated heterocycles. The van der Waals surface area contributed by atoms with Gasteiger partial charge in [-0.05, 0) is 0 Å². The number of anilines is 1. The van der Waals surface area contributed by atoms with E-state index in [9.17, 15) is 4.79 Å². The summed E-state index contributed by atoms with van der Waals surface area (Å²) in [5.41, 5.74) is 1.64. The maximum Gasteiger partial charge on any atom is 0.525 e. The van der Waals surface area contributed by atoms with Gasteiger partial charge in [0.1, 0.15) is 0 Å². The molecule has 0 amide bonds.